The van der Waals surface area contributed by atoms with Crippen molar-refractivity contribution in [1.29, 1.82) is 0 Å². The van der Waals surface area contributed by atoms with Crippen LogP contribution in [0.3, 0.4) is 0 Å². The lowest BCUT2D eigenvalue weighted by Gasteiger charge is -2.14. The fraction of sp³-hybridized carbons (Fsp3) is 0.769. The van der Waals surface area contributed by atoms with Crippen LogP contribution in [0.5, 0.6) is 0 Å². The molecule has 0 amide bonds. The summed E-state index contributed by atoms with van der Waals surface area (Å²) in [6, 6.07) is 2.67. The smallest absolute Gasteiger partial charge is 0.0764 e. The minimum Gasteiger partial charge on any atom is -0.297 e. The average Bonchev–Trinajstić information content (AvgIpc) is 2.97. The van der Waals surface area contributed by atoms with Gasteiger partial charge in [0.25, 0.3) is 0 Å². The lowest BCUT2D eigenvalue weighted by atomic mass is 10.2. The first-order valence-electron chi connectivity index (χ1n) is 6.55. The second-order valence-electron chi connectivity index (χ2n) is 5.09. The van der Waals surface area contributed by atoms with E-state index in [-0.39, 0.29) is 0 Å². The van der Waals surface area contributed by atoms with E-state index in [1.165, 1.54) is 25.2 Å². The van der Waals surface area contributed by atoms with E-state index in [4.69, 9.17) is 0 Å². The van der Waals surface area contributed by atoms with Crippen LogP contribution in [0.25, 0.3) is 0 Å². The molecule has 0 radical (unpaired) electrons. The number of aromatic nitrogens is 2. The van der Waals surface area contributed by atoms with Crippen molar-refractivity contribution in [2.75, 3.05) is 18.4 Å². The second-order valence-corrected chi connectivity index (χ2v) is 5.74. The lowest BCUT2D eigenvalue weighted by Crippen LogP contribution is -2.21. The number of alkyl halides is 1. The Morgan fingerprint density at radius 3 is 3.06 bits per heavy atom. The normalized spacial score (nSPS) is 23.1. The molecule has 2 rings (SSSR count). The van der Waals surface area contributed by atoms with Crippen LogP contribution in [0.4, 0.5) is 0 Å². The Labute approximate surface area is 112 Å². The first-order valence-corrected chi connectivity index (χ1v) is 7.67. The molecule has 0 saturated carbocycles. The van der Waals surface area contributed by atoms with Crippen LogP contribution in [0, 0.1) is 5.92 Å². The quantitative estimate of drug-likeness (QED) is 0.779. The van der Waals surface area contributed by atoms with E-state index in [2.05, 4.69) is 56.7 Å². The molecule has 1 aliphatic rings. The van der Waals surface area contributed by atoms with E-state index in [1.54, 1.807) is 0 Å². The molecule has 3 nitrogen and oxygen atoms in total. The minimum absolute atomic E-state index is 0.512. The fourth-order valence-corrected chi connectivity index (χ4v) is 2.83. The van der Waals surface area contributed by atoms with Gasteiger partial charge in [-0.15, -0.1) is 0 Å². The Kier molecular flexibility index (Phi) is 4.62. The third-order valence-electron chi connectivity index (χ3n) is 3.68. The van der Waals surface area contributed by atoms with Gasteiger partial charge in [-0.2, -0.15) is 5.10 Å². The zero-order valence-corrected chi connectivity index (χ0v) is 12.4. The fourth-order valence-electron chi connectivity index (χ4n) is 2.31. The van der Waals surface area contributed by atoms with Gasteiger partial charge in [-0.05, 0) is 38.3 Å². The van der Waals surface area contributed by atoms with Crippen LogP contribution >= 0.6 is 15.9 Å². The third kappa shape index (κ3) is 3.32. The maximum absolute atomic E-state index is 4.66. The molecule has 17 heavy (non-hydrogen) atoms. The standard InChI is InChI=1S/C13H22BrN3/c1-3-11(2)17-7-5-13(15-17)10-16-6-4-12(8-14)9-16/h5,7,11-12H,3-4,6,8-10H2,1-2H3. The average molecular weight is 300 g/mol. The largest absolute Gasteiger partial charge is 0.297 e. The van der Waals surface area contributed by atoms with Gasteiger partial charge in [0.15, 0.2) is 0 Å². The number of nitrogens with zero attached hydrogens (tertiary/aromatic N) is 3. The van der Waals surface area contributed by atoms with Gasteiger partial charge in [-0.25, -0.2) is 0 Å². The Morgan fingerprint density at radius 1 is 1.59 bits per heavy atom. The topological polar surface area (TPSA) is 21.1 Å². The highest BCUT2D eigenvalue weighted by Gasteiger charge is 2.21. The molecule has 0 aromatic carbocycles. The molecule has 1 aromatic heterocycles. The Morgan fingerprint density at radius 2 is 2.41 bits per heavy atom. The highest BCUT2D eigenvalue weighted by atomic mass is 79.9. The van der Waals surface area contributed by atoms with Crippen LogP contribution < -0.4 is 0 Å². The van der Waals surface area contributed by atoms with Crippen molar-refractivity contribution in [3.63, 3.8) is 0 Å². The number of halogens is 1. The van der Waals surface area contributed by atoms with Crippen LogP contribution in [-0.2, 0) is 6.54 Å². The van der Waals surface area contributed by atoms with Crippen molar-refractivity contribution in [1.82, 2.24) is 14.7 Å². The SMILES string of the molecule is CCC(C)n1ccc(CN2CCC(CBr)C2)n1. The van der Waals surface area contributed by atoms with Crippen molar-refractivity contribution in [3.8, 4) is 0 Å². The Hall–Kier alpha value is -0.350. The molecule has 1 fully saturated rings. The van der Waals surface area contributed by atoms with Crippen molar-refractivity contribution in [2.45, 2.75) is 39.3 Å². The van der Waals surface area contributed by atoms with Gasteiger partial charge >= 0.3 is 0 Å². The Balaban J connectivity index is 1.89. The molecule has 1 aromatic rings. The van der Waals surface area contributed by atoms with E-state index < -0.39 is 0 Å². The van der Waals surface area contributed by atoms with Crippen LogP contribution in [0.2, 0.25) is 0 Å². The summed E-state index contributed by atoms with van der Waals surface area (Å²) in [5, 5.41) is 5.79. The van der Waals surface area contributed by atoms with E-state index in [9.17, 15) is 0 Å². The van der Waals surface area contributed by atoms with Gasteiger partial charge in [0.05, 0.1) is 5.69 Å². The molecule has 2 atom stereocenters. The maximum atomic E-state index is 4.66. The monoisotopic (exact) mass is 299 g/mol. The van der Waals surface area contributed by atoms with E-state index >= 15 is 0 Å². The predicted molar refractivity (Wildman–Crippen MR) is 74.4 cm³/mol. The van der Waals surface area contributed by atoms with Crippen LogP contribution in [-0.4, -0.2) is 33.1 Å². The summed E-state index contributed by atoms with van der Waals surface area (Å²) in [5.41, 5.74) is 1.21. The molecular weight excluding hydrogens is 278 g/mol. The molecule has 4 heteroatoms. The summed E-state index contributed by atoms with van der Waals surface area (Å²) in [7, 11) is 0. The summed E-state index contributed by atoms with van der Waals surface area (Å²) in [5.74, 6) is 0.826. The molecule has 0 aliphatic carbocycles. The minimum atomic E-state index is 0.512. The van der Waals surface area contributed by atoms with Crippen molar-refractivity contribution >= 4 is 15.9 Å². The summed E-state index contributed by atoms with van der Waals surface area (Å²) in [6.07, 6.45) is 4.56. The highest BCUT2D eigenvalue weighted by molar-refractivity contribution is 9.09. The van der Waals surface area contributed by atoms with Crippen molar-refractivity contribution in [3.05, 3.63) is 18.0 Å². The third-order valence-corrected chi connectivity index (χ3v) is 4.60. The Bertz CT molecular complexity index is 350. The lowest BCUT2D eigenvalue weighted by molar-refractivity contribution is 0.314. The van der Waals surface area contributed by atoms with Crippen LogP contribution in [0.1, 0.15) is 38.4 Å². The summed E-state index contributed by atoms with van der Waals surface area (Å²) in [4.78, 5) is 2.51. The van der Waals surface area contributed by atoms with Gasteiger partial charge in [-0.3, -0.25) is 9.58 Å². The first kappa shape index (κ1) is 13.1. The first-order chi connectivity index (χ1) is 8.22. The summed E-state index contributed by atoms with van der Waals surface area (Å²) >= 11 is 3.58. The molecular formula is C13H22BrN3. The van der Waals surface area contributed by atoms with Gasteiger partial charge < -0.3 is 0 Å². The zero-order chi connectivity index (χ0) is 12.3. The maximum Gasteiger partial charge on any atom is 0.0764 e. The van der Waals surface area contributed by atoms with E-state index in [1.807, 2.05) is 0 Å². The van der Waals surface area contributed by atoms with E-state index in [0.29, 0.717) is 6.04 Å². The van der Waals surface area contributed by atoms with Gasteiger partial charge in [0.2, 0.25) is 0 Å². The van der Waals surface area contributed by atoms with Crippen molar-refractivity contribution in [2.24, 2.45) is 5.92 Å². The molecule has 1 aliphatic heterocycles. The second kappa shape index (κ2) is 6.01. The number of hydrogen-bond donors (Lipinski definition) is 0. The van der Waals surface area contributed by atoms with Gasteiger partial charge in [0.1, 0.15) is 0 Å². The summed E-state index contributed by atoms with van der Waals surface area (Å²) in [6.45, 7) is 7.85. The van der Waals surface area contributed by atoms with Crippen molar-refractivity contribution < 1.29 is 0 Å². The molecule has 0 bridgehead atoms. The number of hydrogen-bond acceptors (Lipinski definition) is 2. The molecule has 2 unspecified atom stereocenters. The van der Waals surface area contributed by atoms with Gasteiger partial charge in [0, 0.05) is 30.7 Å². The summed E-state index contributed by atoms with van der Waals surface area (Å²) < 4.78 is 2.09. The molecule has 2 heterocycles. The number of likely N-dealkylation sites (tertiary alicyclic amines) is 1. The van der Waals surface area contributed by atoms with E-state index in [0.717, 1.165) is 24.2 Å². The molecule has 96 valence electrons. The van der Waals surface area contributed by atoms with Crippen LogP contribution in [0.15, 0.2) is 12.3 Å². The molecule has 0 N–H and O–H groups in total. The number of rotatable bonds is 5. The zero-order valence-electron chi connectivity index (χ0n) is 10.8. The molecule has 0 spiro atoms. The van der Waals surface area contributed by atoms with Gasteiger partial charge in [-0.1, -0.05) is 22.9 Å². The highest BCUT2D eigenvalue weighted by Crippen LogP contribution is 2.20. The molecule has 1 saturated heterocycles. The predicted octanol–water partition coefficient (Wildman–Crippen LogP) is 3.07.